The molecule has 0 atom stereocenters. The summed E-state index contributed by atoms with van der Waals surface area (Å²) < 4.78 is 12.4. The van der Waals surface area contributed by atoms with E-state index in [-0.39, 0.29) is 16.8 Å². The number of rotatable bonds is 6. The van der Waals surface area contributed by atoms with E-state index in [1.807, 2.05) is 25.1 Å². The lowest BCUT2D eigenvalue weighted by atomic mass is 10.3. The largest absolute Gasteiger partial charge is 0.490 e. The van der Waals surface area contributed by atoms with Gasteiger partial charge >= 0.3 is 0 Å². The summed E-state index contributed by atoms with van der Waals surface area (Å²) in [5.74, 6) is 1.29. The van der Waals surface area contributed by atoms with E-state index in [2.05, 4.69) is 4.98 Å². The number of hydrogen-bond donors (Lipinski definition) is 0. The second-order valence-electron chi connectivity index (χ2n) is 4.08. The maximum absolute atomic E-state index is 11.8. The molecular formula is C14H14Cl2N2O3. The number of ether oxygens (including phenoxy) is 2. The van der Waals surface area contributed by atoms with Gasteiger partial charge in [0, 0.05) is 0 Å². The molecule has 0 spiro atoms. The Labute approximate surface area is 132 Å². The second kappa shape index (κ2) is 7.33. The number of para-hydroxylation sites is 2. The Balaban J connectivity index is 2.02. The van der Waals surface area contributed by atoms with Crippen LogP contribution in [0.4, 0.5) is 0 Å². The molecule has 0 fully saturated rings. The molecule has 7 heteroatoms. The van der Waals surface area contributed by atoms with Crippen molar-refractivity contribution in [3.05, 3.63) is 51.1 Å². The van der Waals surface area contributed by atoms with Crippen LogP contribution in [0.15, 0.2) is 35.4 Å². The van der Waals surface area contributed by atoms with Crippen molar-refractivity contribution in [3.8, 4) is 11.5 Å². The molecule has 2 rings (SSSR count). The van der Waals surface area contributed by atoms with Gasteiger partial charge in [0.15, 0.2) is 16.7 Å². The molecule has 1 aromatic heterocycles. The second-order valence-corrected chi connectivity index (χ2v) is 4.81. The average molecular weight is 329 g/mol. The van der Waals surface area contributed by atoms with E-state index >= 15 is 0 Å². The van der Waals surface area contributed by atoms with Crippen LogP contribution >= 0.6 is 23.2 Å². The Hall–Kier alpha value is -1.72. The molecule has 0 aliphatic carbocycles. The van der Waals surface area contributed by atoms with Gasteiger partial charge in [0.25, 0.3) is 5.56 Å². The Morgan fingerprint density at radius 1 is 1.19 bits per heavy atom. The van der Waals surface area contributed by atoms with Crippen molar-refractivity contribution < 1.29 is 9.47 Å². The molecule has 112 valence electrons. The molecule has 0 saturated heterocycles. The van der Waals surface area contributed by atoms with Gasteiger partial charge in [-0.15, -0.1) is 0 Å². The summed E-state index contributed by atoms with van der Waals surface area (Å²) in [5.41, 5.74) is -0.390. The Kier molecular flexibility index (Phi) is 5.47. The molecule has 0 N–H and O–H groups in total. The third kappa shape index (κ3) is 3.89. The molecule has 0 aliphatic rings. The lowest BCUT2D eigenvalue weighted by Crippen LogP contribution is -2.24. The lowest BCUT2D eigenvalue weighted by molar-refractivity contribution is 0.265. The van der Waals surface area contributed by atoms with E-state index in [9.17, 15) is 4.79 Å². The van der Waals surface area contributed by atoms with Crippen molar-refractivity contribution in [2.45, 2.75) is 13.5 Å². The summed E-state index contributed by atoms with van der Waals surface area (Å²) in [6.07, 6.45) is 1.34. The molecular weight excluding hydrogens is 315 g/mol. The maximum Gasteiger partial charge on any atom is 0.273 e. The van der Waals surface area contributed by atoms with Crippen molar-refractivity contribution in [2.24, 2.45) is 0 Å². The molecule has 2 aromatic rings. The summed E-state index contributed by atoms with van der Waals surface area (Å²) in [4.78, 5) is 15.7. The van der Waals surface area contributed by atoms with Crippen LogP contribution in [0.3, 0.4) is 0 Å². The summed E-state index contributed by atoms with van der Waals surface area (Å²) in [7, 11) is 0. The standard InChI is InChI=1S/C14H14Cl2N2O3/c1-2-20-10-5-3-4-6-11(10)21-8-7-18-9-17-13(16)12(15)14(18)19/h3-6,9H,2,7-8H2,1H3. The van der Waals surface area contributed by atoms with Crippen LogP contribution in [0.1, 0.15) is 6.92 Å². The van der Waals surface area contributed by atoms with Crippen LogP contribution in [0.5, 0.6) is 11.5 Å². The van der Waals surface area contributed by atoms with Crippen LogP contribution < -0.4 is 15.0 Å². The zero-order valence-corrected chi connectivity index (χ0v) is 12.9. The normalized spacial score (nSPS) is 10.4. The van der Waals surface area contributed by atoms with Crippen molar-refractivity contribution in [1.29, 1.82) is 0 Å². The van der Waals surface area contributed by atoms with E-state index in [1.54, 1.807) is 6.07 Å². The fourth-order valence-electron chi connectivity index (χ4n) is 1.70. The number of aromatic nitrogens is 2. The van der Waals surface area contributed by atoms with E-state index in [0.717, 1.165) is 0 Å². The highest BCUT2D eigenvalue weighted by molar-refractivity contribution is 6.40. The number of hydrogen-bond acceptors (Lipinski definition) is 4. The molecule has 1 aromatic carbocycles. The molecule has 0 radical (unpaired) electrons. The quantitative estimate of drug-likeness (QED) is 0.765. The predicted octanol–water partition coefficient (Wildman–Crippen LogP) is 3.03. The summed E-state index contributed by atoms with van der Waals surface area (Å²) >= 11 is 11.4. The minimum absolute atomic E-state index is 0.000487. The van der Waals surface area contributed by atoms with Gasteiger partial charge in [0.1, 0.15) is 11.6 Å². The Morgan fingerprint density at radius 3 is 2.52 bits per heavy atom. The topological polar surface area (TPSA) is 53.4 Å². The lowest BCUT2D eigenvalue weighted by Gasteiger charge is -2.12. The molecule has 0 aliphatic heterocycles. The maximum atomic E-state index is 11.8. The fourth-order valence-corrected chi connectivity index (χ4v) is 1.98. The molecule has 21 heavy (non-hydrogen) atoms. The number of halogens is 2. The molecule has 0 saturated carbocycles. The van der Waals surface area contributed by atoms with Gasteiger partial charge in [0.05, 0.1) is 19.5 Å². The monoisotopic (exact) mass is 328 g/mol. The predicted molar refractivity (Wildman–Crippen MR) is 81.6 cm³/mol. The summed E-state index contributed by atoms with van der Waals surface area (Å²) in [6, 6.07) is 7.35. The first kappa shape index (κ1) is 15.7. The average Bonchev–Trinajstić information content (AvgIpc) is 2.49. The Morgan fingerprint density at radius 2 is 1.86 bits per heavy atom. The zero-order valence-electron chi connectivity index (χ0n) is 11.4. The smallest absolute Gasteiger partial charge is 0.273 e. The minimum atomic E-state index is -0.390. The minimum Gasteiger partial charge on any atom is -0.490 e. The Bertz CT molecular complexity index is 674. The van der Waals surface area contributed by atoms with Gasteiger partial charge in [-0.05, 0) is 19.1 Å². The highest BCUT2D eigenvalue weighted by Crippen LogP contribution is 2.26. The van der Waals surface area contributed by atoms with Crippen LogP contribution in [0, 0.1) is 0 Å². The van der Waals surface area contributed by atoms with Gasteiger partial charge in [-0.1, -0.05) is 35.3 Å². The third-order valence-corrected chi connectivity index (χ3v) is 3.40. The van der Waals surface area contributed by atoms with Crippen molar-refractivity contribution >= 4 is 23.2 Å². The van der Waals surface area contributed by atoms with Crippen molar-refractivity contribution in [3.63, 3.8) is 0 Å². The highest BCUT2D eigenvalue weighted by atomic mass is 35.5. The van der Waals surface area contributed by atoms with Crippen LogP contribution in [0.2, 0.25) is 10.2 Å². The van der Waals surface area contributed by atoms with Crippen LogP contribution in [0.25, 0.3) is 0 Å². The van der Waals surface area contributed by atoms with E-state index < -0.39 is 5.56 Å². The van der Waals surface area contributed by atoms with Gasteiger partial charge in [0.2, 0.25) is 0 Å². The summed E-state index contributed by atoms with van der Waals surface area (Å²) in [5, 5.41) is -0.0885. The molecule has 1 heterocycles. The first-order valence-electron chi connectivity index (χ1n) is 6.38. The first-order valence-corrected chi connectivity index (χ1v) is 7.14. The SMILES string of the molecule is CCOc1ccccc1OCCn1cnc(Cl)c(Cl)c1=O. The molecule has 0 unspecified atom stereocenters. The molecule has 0 bridgehead atoms. The highest BCUT2D eigenvalue weighted by Gasteiger charge is 2.08. The molecule has 0 amide bonds. The zero-order chi connectivity index (χ0) is 15.2. The van der Waals surface area contributed by atoms with Crippen molar-refractivity contribution in [1.82, 2.24) is 9.55 Å². The fraction of sp³-hybridized carbons (Fsp3) is 0.286. The van der Waals surface area contributed by atoms with Crippen LogP contribution in [-0.4, -0.2) is 22.8 Å². The third-order valence-electron chi connectivity index (χ3n) is 2.68. The van der Waals surface area contributed by atoms with E-state index in [4.69, 9.17) is 32.7 Å². The summed E-state index contributed by atoms with van der Waals surface area (Å²) in [6.45, 7) is 3.04. The first-order chi connectivity index (χ1) is 10.1. The number of nitrogens with zero attached hydrogens (tertiary/aromatic N) is 2. The number of benzene rings is 1. The van der Waals surface area contributed by atoms with Gasteiger partial charge in [-0.25, -0.2) is 4.98 Å². The van der Waals surface area contributed by atoms with E-state index in [1.165, 1.54) is 10.9 Å². The van der Waals surface area contributed by atoms with Gasteiger partial charge in [-0.3, -0.25) is 9.36 Å². The van der Waals surface area contributed by atoms with Gasteiger partial charge in [-0.2, -0.15) is 0 Å². The molecule has 5 nitrogen and oxygen atoms in total. The van der Waals surface area contributed by atoms with Crippen molar-refractivity contribution in [2.75, 3.05) is 13.2 Å². The van der Waals surface area contributed by atoms with Crippen LogP contribution in [-0.2, 0) is 6.54 Å². The van der Waals surface area contributed by atoms with E-state index in [0.29, 0.717) is 24.7 Å². The van der Waals surface area contributed by atoms with Gasteiger partial charge < -0.3 is 9.47 Å².